The number of carbonyl (C=O) groups is 2. The zero-order valence-corrected chi connectivity index (χ0v) is 16.0. The van der Waals surface area contributed by atoms with Gasteiger partial charge < -0.3 is 9.84 Å². The van der Waals surface area contributed by atoms with Crippen LogP contribution in [0.3, 0.4) is 0 Å². The lowest BCUT2D eigenvalue weighted by Gasteiger charge is -2.30. The number of benzene rings is 1. The van der Waals surface area contributed by atoms with Crippen molar-refractivity contribution in [2.45, 2.75) is 59.7 Å². The third kappa shape index (κ3) is 5.23. The molecule has 23 heavy (non-hydrogen) atoms. The molecule has 0 aliphatic carbocycles. The molecule has 0 bridgehead atoms. The number of hydrogen-bond acceptors (Lipinski definition) is 3. The molecule has 0 radical (unpaired) electrons. The quantitative estimate of drug-likeness (QED) is 0.839. The number of amides is 1. The van der Waals surface area contributed by atoms with Crippen molar-refractivity contribution in [3.63, 3.8) is 0 Å². The first kappa shape index (κ1) is 19.5. The highest BCUT2D eigenvalue weighted by Crippen LogP contribution is 2.26. The summed E-state index contributed by atoms with van der Waals surface area (Å²) in [4.78, 5) is 25.0. The summed E-state index contributed by atoms with van der Waals surface area (Å²) >= 11 is 3.52. The number of halogens is 1. The molecular weight excluding hydrogens is 362 g/mol. The van der Waals surface area contributed by atoms with E-state index in [1.807, 2.05) is 26.0 Å². The fourth-order valence-corrected chi connectivity index (χ4v) is 2.42. The zero-order valence-electron chi connectivity index (χ0n) is 14.4. The van der Waals surface area contributed by atoms with Crippen molar-refractivity contribution < 1.29 is 19.4 Å². The van der Waals surface area contributed by atoms with Crippen LogP contribution in [-0.4, -0.2) is 33.7 Å². The number of nitrogens with zero attached hydrogens (tertiary/aromatic N) is 1. The van der Waals surface area contributed by atoms with Crippen molar-refractivity contribution in [3.05, 3.63) is 33.3 Å². The molecule has 1 N–H and O–H groups in total. The predicted octanol–water partition coefficient (Wildman–Crippen LogP) is 4.28. The first-order chi connectivity index (χ1) is 10.4. The average molecular weight is 386 g/mol. The lowest BCUT2D eigenvalue weighted by Crippen LogP contribution is -2.45. The Morgan fingerprint density at radius 2 is 1.87 bits per heavy atom. The minimum Gasteiger partial charge on any atom is -0.480 e. The van der Waals surface area contributed by atoms with E-state index in [1.54, 1.807) is 20.8 Å². The van der Waals surface area contributed by atoms with Gasteiger partial charge in [-0.3, -0.25) is 4.90 Å². The minimum atomic E-state index is -1.07. The normalized spacial score (nSPS) is 12.7. The minimum absolute atomic E-state index is 0.174. The van der Waals surface area contributed by atoms with Crippen LogP contribution in [0.1, 0.15) is 44.4 Å². The Morgan fingerprint density at radius 1 is 1.30 bits per heavy atom. The van der Waals surface area contributed by atoms with Crippen LogP contribution in [-0.2, 0) is 16.1 Å². The van der Waals surface area contributed by atoms with E-state index in [0.29, 0.717) is 0 Å². The van der Waals surface area contributed by atoms with Crippen LogP contribution in [0.4, 0.5) is 4.79 Å². The highest BCUT2D eigenvalue weighted by molar-refractivity contribution is 9.10. The van der Waals surface area contributed by atoms with Gasteiger partial charge in [0.2, 0.25) is 0 Å². The van der Waals surface area contributed by atoms with Gasteiger partial charge in [0.25, 0.3) is 0 Å². The zero-order chi connectivity index (χ0) is 17.9. The van der Waals surface area contributed by atoms with E-state index in [9.17, 15) is 14.7 Å². The van der Waals surface area contributed by atoms with Crippen molar-refractivity contribution in [2.75, 3.05) is 0 Å². The molecule has 1 unspecified atom stereocenters. The van der Waals surface area contributed by atoms with Crippen molar-refractivity contribution >= 4 is 28.0 Å². The van der Waals surface area contributed by atoms with Crippen molar-refractivity contribution in [3.8, 4) is 0 Å². The first-order valence-corrected chi connectivity index (χ1v) is 8.20. The fourth-order valence-electron chi connectivity index (χ4n) is 2.03. The Labute approximate surface area is 145 Å². The second-order valence-corrected chi connectivity index (χ2v) is 7.40. The molecule has 0 spiro atoms. The number of aryl methyl sites for hydroxylation is 1. The van der Waals surface area contributed by atoms with Crippen LogP contribution < -0.4 is 0 Å². The van der Waals surface area contributed by atoms with Gasteiger partial charge in [-0.25, -0.2) is 9.59 Å². The average Bonchev–Trinajstić information content (AvgIpc) is 2.41. The maximum atomic E-state index is 12.4. The second kappa shape index (κ2) is 7.34. The second-order valence-electron chi connectivity index (χ2n) is 6.60. The Hall–Kier alpha value is -1.56. The van der Waals surface area contributed by atoms with E-state index in [4.69, 9.17) is 4.74 Å². The largest absolute Gasteiger partial charge is 0.480 e. The molecule has 1 aromatic carbocycles. The van der Waals surface area contributed by atoms with Crippen LogP contribution in [0.5, 0.6) is 0 Å². The number of rotatable bonds is 4. The molecule has 1 rings (SSSR count). The number of carbonyl (C=O) groups excluding carboxylic acids is 1. The van der Waals surface area contributed by atoms with Crippen LogP contribution in [0.2, 0.25) is 0 Å². The van der Waals surface area contributed by atoms with Crippen molar-refractivity contribution in [1.29, 1.82) is 0 Å². The molecule has 0 aromatic heterocycles. The number of aliphatic carboxylic acids is 1. The highest BCUT2D eigenvalue weighted by atomic mass is 79.9. The Morgan fingerprint density at radius 3 is 2.35 bits per heavy atom. The van der Waals surface area contributed by atoms with Gasteiger partial charge in [0.15, 0.2) is 0 Å². The summed E-state index contributed by atoms with van der Waals surface area (Å²) in [5.74, 6) is -1.07. The summed E-state index contributed by atoms with van der Waals surface area (Å²) in [5.41, 5.74) is 2.26. The Balaban J connectivity index is 3.14. The van der Waals surface area contributed by atoms with Gasteiger partial charge in [0.05, 0.1) is 6.54 Å². The van der Waals surface area contributed by atoms with E-state index < -0.39 is 23.7 Å². The van der Waals surface area contributed by atoms with Gasteiger partial charge >= 0.3 is 12.1 Å². The lowest BCUT2D eigenvalue weighted by molar-refractivity contribution is -0.142. The van der Waals surface area contributed by atoms with Crippen LogP contribution >= 0.6 is 15.9 Å². The highest BCUT2D eigenvalue weighted by Gasteiger charge is 2.30. The summed E-state index contributed by atoms with van der Waals surface area (Å²) in [6, 6.07) is 2.86. The molecule has 0 aliphatic rings. The van der Waals surface area contributed by atoms with Gasteiger partial charge in [0.1, 0.15) is 11.6 Å². The maximum absolute atomic E-state index is 12.4. The van der Waals surface area contributed by atoms with E-state index in [-0.39, 0.29) is 6.54 Å². The Kier molecular flexibility index (Phi) is 6.22. The molecule has 6 heteroatoms. The summed E-state index contributed by atoms with van der Waals surface area (Å²) in [6.07, 6.45) is -0.636. The van der Waals surface area contributed by atoms with Gasteiger partial charge in [-0.05, 0) is 58.2 Å². The smallest absolute Gasteiger partial charge is 0.411 e. The fraction of sp³-hybridized carbons (Fsp3) is 0.529. The molecule has 0 saturated heterocycles. The molecule has 0 saturated carbocycles. The van der Waals surface area contributed by atoms with Gasteiger partial charge in [-0.2, -0.15) is 0 Å². The first-order valence-electron chi connectivity index (χ1n) is 7.41. The third-order valence-electron chi connectivity index (χ3n) is 3.49. The topological polar surface area (TPSA) is 66.8 Å². The Bertz CT molecular complexity index is 607. The molecule has 1 aromatic rings. The summed E-state index contributed by atoms with van der Waals surface area (Å²) < 4.78 is 6.31. The van der Waals surface area contributed by atoms with E-state index in [0.717, 1.165) is 21.2 Å². The summed E-state index contributed by atoms with van der Waals surface area (Å²) in [7, 11) is 0. The summed E-state index contributed by atoms with van der Waals surface area (Å²) in [5, 5.41) is 9.29. The van der Waals surface area contributed by atoms with Gasteiger partial charge in [-0.1, -0.05) is 28.1 Å². The van der Waals surface area contributed by atoms with E-state index in [1.165, 1.54) is 11.8 Å². The summed E-state index contributed by atoms with van der Waals surface area (Å²) in [6.45, 7) is 10.8. The molecule has 128 valence electrons. The monoisotopic (exact) mass is 385 g/mol. The molecule has 0 heterocycles. The van der Waals surface area contributed by atoms with Crippen LogP contribution in [0.15, 0.2) is 16.6 Å². The van der Waals surface area contributed by atoms with E-state index >= 15 is 0 Å². The number of carboxylic acid groups (broad SMARTS) is 1. The van der Waals surface area contributed by atoms with Crippen molar-refractivity contribution in [1.82, 2.24) is 4.90 Å². The molecule has 0 fully saturated rings. The number of hydrogen-bond donors (Lipinski definition) is 1. The molecule has 5 nitrogen and oxygen atoms in total. The molecule has 1 amide bonds. The van der Waals surface area contributed by atoms with Gasteiger partial charge in [-0.15, -0.1) is 0 Å². The standard InChI is InChI=1S/C17H24BrNO4/c1-10-7-8-13(11(2)14(10)18)9-19(12(3)15(20)21)16(22)23-17(4,5)6/h7-8,12H,9H2,1-6H3,(H,20,21). The van der Waals surface area contributed by atoms with Crippen LogP contribution in [0.25, 0.3) is 0 Å². The molecule has 0 aliphatic heterocycles. The number of carboxylic acids is 1. The van der Waals surface area contributed by atoms with Crippen molar-refractivity contribution in [2.24, 2.45) is 0 Å². The van der Waals surface area contributed by atoms with Crippen LogP contribution in [0, 0.1) is 13.8 Å². The molecule has 1 atom stereocenters. The maximum Gasteiger partial charge on any atom is 0.411 e. The number of ether oxygens (including phenoxy) is 1. The van der Waals surface area contributed by atoms with E-state index in [2.05, 4.69) is 15.9 Å². The lowest BCUT2D eigenvalue weighted by atomic mass is 10.0. The SMILES string of the molecule is Cc1ccc(CN(C(=O)OC(C)(C)C)C(C)C(=O)O)c(C)c1Br. The molecular formula is C17H24BrNO4. The predicted molar refractivity (Wildman–Crippen MR) is 92.5 cm³/mol. The van der Waals surface area contributed by atoms with Gasteiger partial charge in [0, 0.05) is 4.47 Å². The third-order valence-corrected chi connectivity index (χ3v) is 4.71.